The summed E-state index contributed by atoms with van der Waals surface area (Å²) in [5.74, 6) is -0.305. The molecule has 3 heterocycles. The Kier molecular flexibility index (Phi) is 7.29. The lowest BCUT2D eigenvalue weighted by Gasteiger charge is -2.15. The van der Waals surface area contributed by atoms with Gasteiger partial charge < -0.3 is 20.4 Å². The second-order valence-corrected chi connectivity index (χ2v) is 9.43. The standard InChI is InChI=1S/C29H24F4N4O3/c30-22-9-10-37(16-22)28(39)19-5-3-18(4-6-19)20-11-21-12-23(40-27(21)24(13-20)29(31,32)33)15-36-26(38)8-2-17-1-7-25(34)35-14-17/h1-8,11-14,22H,9-10,15-16H2,(H2,34,35)(H,36,38)/t22-/m1/s1. The van der Waals surface area contributed by atoms with Gasteiger partial charge in [0.1, 0.15) is 23.3 Å². The molecule has 1 atom stereocenters. The number of nitrogen functional groups attached to an aromatic ring is 1. The molecule has 3 N–H and O–H groups in total. The molecule has 7 nitrogen and oxygen atoms in total. The van der Waals surface area contributed by atoms with Gasteiger partial charge in [-0.3, -0.25) is 9.59 Å². The van der Waals surface area contributed by atoms with E-state index in [9.17, 15) is 27.2 Å². The number of carbonyl (C=O) groups is 2. The number of pyridine rings is 1. The average Bonchev–Trinajstić information content (AvgIpc) is 3.56. The number of rotatable bonds is 6. The van der Waals surface area contributed by atoms with Gasteiger partial charge in [-0.2, -0.15) is 13.2 Å². The number of carbonyl (C=O) groups excluding carboxylic acids is 2. The molecule has 0 bridgehead atoms. The van der Waals surface area contributed by atoms with Crippen molar-refractivity contribution in [3.63, 3.8) is 0 Å². The van der Waals surface area contributed by atoms with Gasteiger partial charge in [-0.05, 0) is 71.7 Å². The van der Waals surface area contributed by atoms with Crippen LogP contribution in [0.5, 0.6) is 0 Å². The fourth-order valence-electron chi connectivity index (χ4n) is 4.48. The molecule has 4 aromatic rings. The van der Waals surface area contributed by atoms with Crippen molar-refractivity contribution in [3.8, 4) is 11.1 Å². The Hall–Kier alpha value is -4.67. The van der Waals surface area contributed by atoms with Crippen molar-refractivity contribution in [1.82, 2.24) is 15.2 Å². The van der Waals surface area contributed by atoms with Crippen molar-refractivity contribution < 1.29 is 31.6 Å². The molecule has 1 saturated heterocycles. The topological polar surface area (TPSA) is 101 Å². The van der Waals surface area contributed by atoms with Gasteiger partial charge in [-0.25, -0.2) is 9.37 Å². The maximum absolute atomic E-state index is 14.0. The maximum atomic E-state index is 14.0. The molecule has 0 spiro atoms. The lowest BCUT2D eigenvalue weighted by Crippen LogP contribution is -2.28. The smallest absolute Gasteiger partial charge is 0.420 e. The SMILES string of the molecule is Nc1ccc(C=CC(=O)NCc2cc3cc(-c4ccc(C(=O)N5CC[C@@H](F)C5)cc4)cc(C(F)(F)F)c3o2)cn1. The van der Waals surface area contributed by atoms with Crippen LogP contribution in [0.25, 0.3) is 28.2 Å². The van der Waals surface area contributed by atoms with E-state index in [2.05, 4.69) is 10.3 Å². The summed E-state index contributed by atoms with van der Waals surface area (Å²) >= 11 is 0. The third kappa shape index (κ3) is 5.98. The van der Waals surface area contributed by atoms with Crippen LogP contribution >= 0.6 is 0 Å². The zero-order valence-electron chi connectivity index (χ0n) is 21.0. The molecule has 1 aliphatic rings. The number of hydrogen-bond acceptors (Lipinski definition) is 5. The number of fused-ring (bicyclic) bond motifs is 1. The van der Waals surface area contributed by atoms with Crippen LogP contribution in [0.4, 0.5) is 23.4 Å². The monoisotopic (exact) mass is 552 g/mol. The van der Waals surface area contributed by atoms with E-state index in [1.807, 2.05) is 0 Å². The van der Waals surface area contributed by atoms with Gasteiger partial charge in [0.15, 0.2) is 0 Å². The van der Waals surface area contributed by atoms with Crippen molar-refractivity contribution in [2.75, 3.05) is 18.8 Å². The molecule has 11 heteroatoms. The van der Waals surface area contributed by atoms with Crippen molar-refractivity contribution in [1.29, 1.82) is 0 Å². The Morgan fingerprint density at radius 2 is 1.88 bits per heavy atom. The molecule has 0 aliphatic carbocycles. The molecular formula is C29H24F4N4O3. The van der Waals surface area contributed by atoms with Gasteiger partial charge in [0.2, 0.25) is 5.91 Å². The number of hydrogen-bond donors (Lipinski definition) is 2. The lowest BCUT2D eigenvalue weighted by molar-refractivity contribution is -0.136. The second kappa shape index (κ2) is 10.8. The summed E-state index contributed by atoms with van der Waals surface area (Å²) in [5, 5.41) is 2.80. The number of nitrogens with zero attached hydrogens (tertiary/aromatic N) is 2. The van der Waals surface area contributed by atoms with E-state index < -0.39 is 23.8 Å². The van der Waals surface area contributed by atoms with Crippen molar-refractivity contribution in [2.45, 2.75) is 25.3 Å². The summed E-state index contributed by atoms with van der Waals surface area (Å²) in [7, 11) is 0. The van der Waals surface area contributed by atoms with Crippen LogP contribution < -0.4 is 11.1 Å². The largest absolute Gasteiger partial charge is 0.459 e. The highest BCUT2D eigenvalue weighted by atomic mass is 19.4. The molecule has 2 amide bonds. The molecular weight excluding hydrogens is 528 g/mol. The molecule has 40 heavy (non-hydrogen) atoms. The zero-order chi connectivity index (χ0) is 28.4. The van der Waals surface area contributed by atoms with Gasteiger partial charge in [0.05, 0.1) is 18.7 Å². The molecule has 5 rings (SSSR count). The molecule has 2 aromatic carbocycles. The highest BCUT2D eigenvalue weighted by molar-refractivity contribution is 5.95. The Morgan fingerprint density at radius 3 is 2.52 bits per heavy atom. The molecule has 2 aromatic heterocycles. The molecule has 1 aliphatic heterocycles. The Morgan fingerprint density at radius 1 is 1.10 bits per heavy atom. The van der Waals surface area contributed by atoms with Crippen LogP contribution in [-0.4, -0.2) is 41.0 Å². The minimum atomic E-state index is -4.70. The third-order valence-electron chi connectivity index (χ3n) is 6.53. The fourth-order valence-corrected chi connectivity index (χ4v) is 4.48. The van der Waals surface area contributed by atoms with Crippen LogP contribution in [0, 0.1) is 0 Å². The third-order valence-corrected chi connectivity index (χ3v) is 6.53. The first kappa shape index (κ1) is 26.9. The van der Waals surface area contributed by atoms with Crippen LogP contribution in [0.3, 0.4) is 0 Å². The maximum Gasteiger partial charge on any atom is 0.420 e. The second-order valence-electron chi connectivity index (χ2n) is 9.43. The Balaban J connectivity index is 1.35. The van der Waals surface area contributed by atoms with Gasteiger partial charge in [-0.1, -0.05) is 12.1 Å². The first-order chi connectivity index (χ1) is 19.1. The molecule has 1 fully saturated rings. The van der Waals surface area contributed by atoms with E-state index in [-0.39, 0.29) is 41.3 Å². The summed E-state index contributed by atoms with van der Waals surface area (Å²) in [6, 6.07) is 13.4. The highest BCUT2D eigenvalue weighted by Crippen LogP contribution is 2.39. The fraction of sp³-hybridized carbons (Fsp3) is 0.207. The van der Waals surface area contributed by atoms with E-state index in [0.717, 1.165) is 6.07 Å². The Bertz CT molecular complexity index is 1580. The molecule has 0 saturated carbocycles. The van der Waals surface area contributed by atoms with E-state index in [1.165, 1.54) is 41.4 Å². The number of amides is 2. The van der Waals surface area contributed by atoms with Gasteiger partial charge in [-0.15, -0.1) is 0 Å². The molecule has 0 radical (unpaired) electrons. The minimum absolute atomic E-state index is 0.0336. The number of benzene rings is 2. The summed E-state index contributed by atoms with van der Waals surface area (Å²) in [4.78, 5) is 30.1. The molecule has 0 unspecified atom stereocenters. The zero-order valence-corrected chi connectivity index (χ0v) is 21.0. The van der Waals surface area contributed by atoms with E-state index in [1.54, 1.807) is 30.3 Å². The van der Waals surface area contributed by atoms with E-state index in [4.69, 9.17) is 10.2 Å². The first-order valence-electron chi connectivity index (χ1n) is 12.4. The van der Waals surface area contributed by atoms with E-state index in [0.29, 0.717) is 35.5 Å². The van der Waals surface area contributed by atoms with Crippen LogP contribution in [0.1, 0.15) is 33.7 Å². The lowest BCUT2D eigenvalue weighted by atomic mass is 9.99. The van der Waals surface area contributed by atoms with Crippen LogP contribution in [-0.2, 0) is 17.5 Å². The summed E-state index contributed by atoms with van der Waals surface area (Å²) in [6.45, 7) is 0.232. The number of nitrogens with one attached hydrogen (secondary N) is 1. The number of halogens is 4. The van der Waals surface area contributed by atoms with Gasteiger partial charge >= 0.3 is 6.18 Å². The van der Waals surface area contributed by atoms with Crippen LogP contribution in [0.2, 0.25) is 0 Å². The summed E-state index contributed by atoms with van der Waals surface area (Å²) in [6.07, 6.45) is -1.17. The normalized spacial score (nSPS) is 15.7. The number of nitrogens with two attached hydrogens (primary N) is 1. The van der Waals surface area contributed by atoms with Crippen molar-refractivity contribution in [3.05, 3.63) is 89.3 Å². The van der Waals surface area contributed by atoms with Crippen molar-refractivity contribution in [2.24, 2.45) is 0 Å². The number of likely N-dealkylation sites (tertiary alicyclic amines) is 1. The summed E-state index contributed by atoms with van der Waals surface area (Å²) in [5.41, 5.74) is 5.95. The predicted octanol–water partition coefficient (Wildman–Crippen LogP) is 5.61. The van der Waals surface area contributed by atoms with Crippen LogP contribution in [0.15, 0.2) is 71.3 Å². The number of anilines is 1. The first-order valence-corrected chi connectivity index (χ1v) is 12.4. The average molecular weight is 553 g/mol. The molecule has 206 valence electrons. The predicted molar refractivity (Wildman–Crippen MR) is 142 cm³/mol. The van der Waals surface area contributed by atoms with Crippen molar-refractivity contribution >= 4 is 34.7 Å². The highest BCUT2D eigenvalue weighted by Gasteiger charge is 2.35. The number of aromatic nitrogens is 1. The Labute approximate surface area is 226 Å². The quantitative estimate of drug-likeness (QED) is 0.239. The van der Waals surface area contributed by atoms with Gasteiger partial charge in [0.25, 0.3) is 5.91 Å². The minimum Gasteiger partial charge on any atom is -0.459 e. The summed E-state index contributed by atoms with van der Waals surface area (Å²) < 4.78 is 60.9. The van der Waals surface area contributed by atoms with E-state index >= 15 is 0 Å². The number of alkyl halides is 4. The van der Waals surface area contributed by atoms with Gasteiger partial charge in [0, 0.05) is 29.8 Å². The number of furan rings is 1.